The van der Waals surface area contributed by atoms with Crippen LogP contribution in [0.4, 0.5) is 4.79 Å². The maximum Gasteiger partial charge on any atom is 0.344 e. The van der Waals surface area contributed by atoms with Gasteiger partial charge >= 0.3 is 12.0 Å². The molecule has 1 aromatic rings. The Balaban J connectivity index is 1.42. The number of nitrogens with one attached hydrogen (secondary N) is 2. The summed E-state index contributed by atoms with van der Waals surface area (Å²) in [5.41, 5.74) is 2.42. The molecule has 2 fully saturated rings. The first-order chi connectivity index (χ1) is 13.9. The highest BCUT2D eigenvalue weighted by Gasteiger charge is 2.52. The Labute approximate surface area is 168 Å². The van der Waals surface area contributed by atoms with Crippen LogP contribution in [0.2, 0.25) is 0 Å². The van der Waals surface area contributed by atoms with Gasteiger partial charge in [-0.15, -0.1) is 0 Å². The second-order valence-electron chi connectivity index (χ2n) is 7.20. The highest BCUT2D eigenvalue weighted by atomic mass is 16.6. The van der Waals surface area contributed by atoms with E-state index in [0.29, 0.717) is 23.6 Å². The summed E-state index contributed by atoms with van der Waals surface area (Å²) >= 11 is 0. The number of imide groups is 1. The number of hydrogen-bond donors (Lipinski definition) is 2. The van der Waals surface area contributed by atoms with Gasteiger partial charge in [-0.25, -0.2) is 9.59 Å². The van der Waals surface area contributed by atoms with E-state index in [2.05, 4.69) is 10.7 Å². The number of amides is 4. The Morgan fingerprint density at radius 3 is 2.45 bits per heavy atom. The van der Waals surface area contributed by atoms with Crippen LogP contribution in [0.5, 0.6) is 5.75 Å². The average molecular weight is 403 g/mol. The van der Waals surface area contributed by atoms with Crippen LogP contribution < -0.4 is 15.5 Å². The molecule has 4 amide bonds. The Morgan fingerprint density at radius 2 is 1.79 bits per heavy atom. The van der Waals surface area contributed by atoms with E-state index in [9.17, 15) is 19.2 Å². The number of esters is 1. The van der Waals surface area contributed by atoms with Gasteiger partial charge in [0.05, 0.1) is 0 Å². The molecule has 1 saturated carbocycles. The number of hydrazine groups is 1. The van der Waals surface area contributed by atoms with Crippen LogP contribution in [0.15, 0.2) is 24.3 Å². The quantitative estimate of drug-likeness (QED) is 0.526. The number of nitrogens with zero attached hydrogens (tertiary/aromatic N) is 1. The summed E-state index contributed by atoms with van der Waals surface area (Å²) in [5.74, 6) is -1.47. The fraction of sp³-hybridized carbons (Fsp3) is 0.500. The standard InChI is InChI=1S/C20H25N3O6/c1-2-14-6-8-15(9-7-14)28-13-17(25)29-12-16(24)22-23-18(26)20(21-19(23)27)10-4-3-5-11-20/h6-9H,2-5,10-13H2,1H3,(H,21,27)(H,22,24). The van der Waals surface area contributed by atoms with E-state index >= 15 is 0 Å². The zero-order valence-electron chi connectivity index (χ0n) is 16.4. The predicted molar refractivity (Wildman–Crippen MR) is 102 cm³/mol. The second-order valence-corrected chi connectivity index (χ2v) is 7.20. The Kier molecular flexibility index (Phi) is 6.36. The van der Waals surface area contributed by atoms with Crippen molar-refractivity contribution < 1.29 is 28.7 Å². The number of aryl methyl sites for hydroxylation is 1. The van der Waals surface area contributed by atoms with E-state index in [1.807, 2.05) is 19.1 Å². The van der Waals surface area contributed by atoms with Crippen LogP contribution >= 0.6 is 0 Å². The van der Waals surface area contributed by atoms with Crippen molar-refractivity contribution in [3.63, 3.8) is 0 Å². The minimum Gasteiger partial charge on any atom is -0.482 e. The lowest BCUT2D eigenvalue weighted by molar-refractivity contribution is -0.152. The molecule has 1 aliphatic carbocycles. The highest BCUT2D eigenvalue weighted by molar-refractivity contribution is 6.08. The van der Waals surface area contributed by atoms with Crippen LogP contribution in [0.25, 0.3) is 0 Å². The van der Waals surface area contributed by atoms with Gasteiger partial charge in [0, 0.05) is 0 Å². The van der Waals surface area contributed by atoms with Crippen molar-refractivity contribution >= 4 is 23.8 Å². The van der Waals surface area contributed by atoms with Crippen molar-refractivity contribution in [3.05, 3.63) is 29.8 Å². The predicted octanol–water partition coefficient (Wildman–Crippen LogP) is 1.46. The summed E-state index contributed by atoms with van der Waals surface area (Å²) in [6, 6.07) is 6.61. The zero-order valence-corrected chi connectivity index (χ0v) is 16.4. The molecule has 0 atom stereocenters. The lowest BCUT2D eigenvalue weighted by atomic mass is 9.82. The molecule has 9 heteroatoms. The smallest absolute Gasteiger partial charge is 0.344 e. The molecule has 0 aromatic heterocycles. The van der Waals surface area contributed by atoms with Gasteiger partial charge in [0.2, 0.25) is 0 Å². The van der Waals surface area contributed by atoms with Crippen LogP contribution in [0.1, 0.15) is 44.6 Å². The summed E-state index contributed by atoms with van der Waals surface area (Å²) in [5, 5.41) is 3.35. The van der Waals surface area contributed by atoms with Gasteiger partial charge in [-0.2, -0.15) is 5.01 Å². The average Bonchev–Trinajstić information content (AvgIpc) is 2.95. The normalized spacial score (nSPS) is 17.8. The van der Waals surface area contributed by atoms with E-state index in [1.165, 1.54) is 0 Å². The largest absolute Gasteiger partial charge is 0.482 e. The van der Waals surface area contributed by atoms with Crippen molar-refractivity contribution in [2.24, 2.45) is 0 Å². The van der Waals surface area contributed by atoms with Crippen LogP contribution in [0.3, 0.4) is 0 Å². The van der Waals surface area contributed by atoms with E-state index in [4.69, 9.17) is 9.47 Å². The van der Waals surface area contributed by atoms with Gasteiger partial charge in [-0.1, -0.05) is 38.3 Å². The van der Waals surface area contributed by atoms with Crippen LogP contribution in [-0.2, 0) is 25.5 Å². The molecule has 0 unspecified atom stereocenters. The number of urea groups is 1. The van der Waals surface area contributed by atoms with Crippen molar-refractivity contribution in [3.8, 4) is 5.75 Å². The van der Waals surface area contributed by atoms with Crippen molar-refractivity contribution in [1.82, 2.24) is 15.8 Å². The number of benzene rings is 1. The number of ether oxygens (including phenoxy) is 2. The summed E-state index contributed by atoms with van der Waals surface area (Å²) < 4.78 is 10.1. The molecule has 0 bridgehead atoms. The molecule has 1 heterocycles. The monoisotopic (exact) mass is 403 g/mol. The molecule has 29 heavy (non-hydrogen) atoms. The Morgan fingerprint density at radius 1 is 1.10 bits per heavy atom. The van der Waals surface area contributed by atoms with Gasteiger partial charge in [-0.3, -0.25) is 15.0 Å². The first-order valence-electron chi connectivity index (χ1n) is 9.77. The maximum absolute atomic E-state index is 12.6. The summed E-state index contributed by atoms with van der Waals surface area (Å²) in [6.45, 7) is 1.05. The van der Waals surface area contributed by atoms with E-state index in [0.717, 1.165) is 31.2 Å². The van der Waals surface area contributed by atoms with Crippen molar-refractivity contribution in [2.45, 2.75) is 51.0 Å². The first kappa shape index (κ1) is 20.6. The molecular weight excluding hydrogens is 378 g/mol. The maximum atomic E-state index is 12.6. The second kappa shape index (κ2) is 8.93. The van der Waals surface area contributed by atoms with Gasteiger partial charge in [0.15, 0.2) is 13.2 Å². The number of hydrogen-bond acceptors (Lipinski definition) is 6. The summed E-state index contributed by atoms with van der Waals surface area (Å²) in [7, 11) is 0. The fourth-order valence-electron chi connectivity index (χ4n) is 3.52. The minimum atomic E-state index is -0.930. The minimum absolute atomic E-state index is 0.356. The number of carbonyl (C=O) groups is 4. The van der Waals surface area contributed by atoms with Gasteiger partial charge in [-0.05, 0) is 37.0 Å². The fourth-order valence-corrected chi connectivity index (χ4v) is 3.52. The molecule has 3 rings (SSSR count). The Hall–Kier alpha value is -3.10. The van der Waals surface area contributed by atoms with Gasteiger partial charge in [0.1, 0.15) is 11.3 Å². The lowest BCUT2D eigenvalue weighted by Crippen LogP contribution is -2.51. The molecule has 9 nitrogen and oxygen atoms in total. The molecule has 1 spiro atoms. The van der Waals surface area contributed by atoms with Crippen molar-refractivity contribution in [1.29, 1.82) is 0 Å². The third kappa shape index (κ3) is 4.85. The third-order valence-corrected chi connectivity index (χ3v) is 5.16. The summed E-state index contributed by atoms with van der Waals surface area (Å²) in [4.78, 5) is 48.4. The molecule has 2 aliphatic rings. The van der Waals surface area contributed by atoms with E-state index < -0.39 is 36.0 Å². The molecule has 1 saturated heterocycles. The third-order valence-electron chi connectivity index (χ3n) is 5.16. The van der Waals surface area contributed by atoms with Gasteiger partial charge in [0.25, 0.3) is 11.8 Å². The Bertz CT molecular complexity index is 786. The van der Waals surface area contributed by atoms with Crippen molar-refractivity contribution in [2.75, 3.05) is 13.2 Å². The lowest BCUT2D eigenvalue weighted by Gasteiger charge is -2.30. The molecule has 0 radical (unpaired) electrons. The first-order valence-corrected chi connectivity index (χ1v) is 9.77. The number of carbonyl (C=O) groups excluding carboxylic acids is 4. The van der Waals surface area contributed by atoms with Crippen LogP contribution in [0, 0.1) is 0 Å². The summed E-state index contributed by atoms with van der Waals surface area (Å²) in [6.07, 6.45) is 4.69. The SMILES string of the molecule is CCc1ccc(OCC(=O)OCC(=O)NN2C(=O)NC3(CCCCC3)C2=O)cc1. The van der Waals surface area contributed by atoms with Gasteiger partial charge < -0.3 is 14.8 Å². The molecular formula is C20H25N3O6. The molecule has 2 N–H and O–H groups in total. The molecule has 156 valence electrons. The number of rotatable bonds is 7. The topological polar surface area (TPSA) is 114 Å². The molecule has 1 aromatic carbocycles. The highest BCUT2D eigenvalue weighted by Crippen LogP contribution is 2.32. The van der Waals surface area contributed by atoms with E-state index in [1.54, 1.807) is 12.1 Å². The zero-order chi connectivity index (χ0) is 20.9. The van der Waals surface area contributed by atoms with Crippen LogP contribution in [-0.4, -0.2) is 47.6 Å². The van der Waals surface area contributed by atoms with E-state index in [-0.39, 0.29) is 6.61 Å². The molecule has 1 aliphatic heterocycles.